The highest BCUT2D eigenvalue weighted by molar-refractivity contribution is 7.91. The number of rotatable bonds is 3. The zero-order valence-corrected chi connectivity index (χ0v) is 10.1. The van der Waals surface area contributed by atoms with Crippen molar-refractivity contribution in [3.8, 4) is 0 Å². The van der Waals surface area contributed by atoms with E-state index in [2.05, 4.69) is 0 Å². The minimum Gasteiger partial charge on any atom is -0.387 e. The highest BCUT2D eigenvalue weighted by Crippen LogP contribution is 2.22. The third kappa shape index (κ3) is 3.19. The molecular formula is C10H13ClO3S. The van der Waals surface area contributed by atoms with Gasteiger partial charge >= 0.3 is 0 Å². The van der Waals surface area contributed by atoms with Gasteiger partial charge in [0.05, 0.1) is 11.4 Å². The third-order valence-corrected chi connectivity index (χ3v) is 4.19. The summed E-state index contributed by atoms with van der Waals surface area (Å²) < 4.78 is 22.5. The van der Waals surface area contributed by atoms with Crippen molar-refractivity contribution in [1.29, 1.82) is 0 Å². The summed E-state index contributed by atoms with van der Waals surface area (Å²) in [4.78, 5) is 0. The second-order valence-electron chi connectivity index (χ2n) is 3.53. The van der Waals surface area contributed by atoms with E-state index in [1.165, 1.54) is 6.92 Å². The summed E-state index contributed by atoms with van der Waals surface area (Å²) in [6, 6.07) is 6.48. The molecule has 0 unspecified atom stereocenters. The smallest absolute Gasteiger partial charge is 0.152 e. The predicted molar refractivity (Wildman–Crippen MR) is 60.7 cm³/mol. The van der Waals surface area contributed by atoms with Crippen LogP contribution in [0.1, 0.15) is 18.6 Å². The van der Waals surface area contributed by atoms with Crippen molar-refractivity contribution in [3.05, 3.63) is 34.9 Å². The van der Waals surface area contributed by atoms with Crippen LogP contribution in [-0.2, 0) is 9.84 Å². The van der Waals surface area contributed by atoms with Gasteiger partial charge in [-0.3, -0.25) is 0 Å². The van der Waals surface area contributed by atoms with E-state index in [-0.39, 0.29) is 0 Å². The average molecular weight is 249 g/mol. The maximum absolute atomic E-state index is 11.2. The number of halogens is 1. The minimum atomic E-state index is -3.24. The van der Waals surface area contributed by atoms with E-state index >= 15 is 0 Å². The molecule has 1 aromatic rings. The van der Waals surface area contributed by atoms with E-state index in [0.29, 0.717) is 10.6 Å². The number of benzene rings is 1. The average Bonchev–Trinajstić information content (AvgIpc) is 2.15. The first-order valence-electron chi connectivity index (χ1n) is 4.45. The fourth-order valence-electron chi connectivity index (χ4n) is 1.17. The number of hydrogen-bond donors (Lipinski definition) is 1. The van der Waals surface area contributed by atoms with Crippen molar-refractivity contribution in [2.24, 2.45) is 0 Å². The molecule has 0 saturated carbocycles. The fraction of sp³-hybridized carbons (Fsp3) is 0.400. The van der Waals surface area contributed by atoms with Gasteiger partial charge < -0.3 is 5.11 Å². The van der Waals surface area contributed by atoms with E-state index in [9.17, 15) is 13.5 Å². The third-order valence-electron chi connectivity index (χ3n) is 2.33. The van der Waals surface area contributed by atoms with Crippen LogP contribution in [0, 0.1) is 0 Å². The highest BCUT2D eigenvalue weighted by Gasteiger charge is 2.25. The topological polar surface area (TPSA) is 54.4 Å². The van der Waals surface area contributed by atoms with Crippen LogP contribution < -0.4 is 0 Å². The Bertz CT molecular complexity index is 424. The number of hydrogen-bond acceptors (Lipinski definition) is 3. The second kappa shape index (κ2) is 4.51. The summed E-state index contributed by atoms with van der Waals surface area (Å²) in [5, 5.41) is 9.53. The van der Waals surface area contributed by atoms with Crippen LogP contribution in [0.2, 0.25) is 5.02 Å². The molecule has 0 saturated heterocycles. The molecule has 0 bridgehead atoms. The Balaban J connectivity index is 2.95. The number of aliphatic hydroxyl groups excluding tert-OH is 1. The maximum atomic E-state index is 11.2. The van der Waals surface area contributed by atoms with E-state index in [0.717, 1.165) is 6.26 Å². The molecule has 2 atom stereocenters. The molecule has 0 amide bonds. The van der Waals surface area contributed by atoms with Gasteiger partial charge in [0.2, 0.25) is 0 Å². The Kier molecular flexibility index (Phi) is 3.76. The van der Waals surface area contributed by atoms with Crippen LogP contribution in [0.4, 0.5) is 0 Å². The van der Waals surface area contributed by atoms with Gasteiger partial charge in [0.1, 0.15) is 0 Å². The van der Waals surface area contributed by atoms with Crippen LogP contribution >= 0.6 is 11.6 Å². The lowest BCUT2D eigenvalue weighted by Gasteiger charge is -2.17. The van der Waals surface area contributed by atoms with Crippen LogP contribution in [0.25, 0.3) is 0 Å². The molecule has 0 aliphatic heterocycles. The standard InChI is InChI=1S/C10H13ClO3S/c1-7(15(2,13)14)10(12)8-3-5-9(11)6-4-8/h3-7,10,12H,1-2H3/t7-,10-/m0/s1. The molecule has 15 heavy (non-hydrogen) atoms. The fourth-order valence-corrected chi connectivity index (χ4v) is 1.92. The maximum Gasteiger partial charge on any atom is 0.152 e. The summed E-state index contributed by atoms with van der Waals surface area (Å²) in [5.41, 5.74) is 0.553. The Morgan fingerprint density at radius 2 is 1.73 bits per heavy atom. The molecule has 0 aromatic heterocycles. The molecule has 0 aliphatic carbocycles. The van der Waals surface area contributed by atoms with E-state index in [1.807, 2.05) is 0 Å². The van der Waals surface area contributed by atoms with E-state index in [4.69, 9.17) is 11.6 Å². The zero-order chi connectivity index (χ0) is 11.6. The van der Waals surface area contributed by atoms with Crippen molar-refractivity contribution >= 4 is 21.4 Å². The van der Waals surface area contributed by atoms with Gasteiger partial charge in [-0.05, 0) is 24.6 Å². The molecule has 1 N–H and O–H groups in total. The van der Waals surface area contributed by atoms with Gasteiger partial charge in [0.15, 0.2) is 9.84 Å². The van der Waals surface area contributed by atoms with Crippen LogP contribution in [0.15, 0.2) is 24.3 Å². The predicted octanol–water partition coefficient (Wildman–Crippen LogP) is 1.81. The molecule has 1 rings (SSSR count). The molecule has 0 aliphatic rings. The van der Waals surface area contributed by atoms with Crippen LogP contribution in [0.5, 0.6) is 0 Å². The Morgan fingerprint density at radius 1 is 1.27 bits per heavy atom. The van der Waals surface area contributed by atoms with E-state index in [1.54, 1.807) is 24.3 Å². The molecule has 0 fully saturated rings. The molecule has 3 nitrogen and oxygen atoms in total. The van der Waals surface area contributed by atoms with Crippen molar-refractivity contribution in [2.75, 3.05) is 6.26 Å². The molecule has 1 aromatic carbocycles. The Labute approximate surface area is 94.6 Å². The molecule has 84 valence electrons. The van der Waals surface area contributed by atoms with Gasteiger partial charge in [-0.2, -0.15) is 0 Å². The summed E-state index contributed by atoms with van der Waals surface area (Å²) in [5.74, 6) is 0. The zero-order valence-electron chi connectivity index (χ0n) is 8.51. The van der Waals surface area contributed by atoms with Crippen molar-refractivity contribution in [2.45, 2.75) is 18.3 Å². The minimum absolute atomic E-state index is 0.553. The SMILES string of the molecule is C[C@@H]([C@H](O)c1ccc(Cl)cc1)S(C)(=O)=O. The molecule has 0 radical (unpaired) electrons. The van der Waals surface area contributed by atoms with Crippen LogP contribution in [0.3, 0.4) is 0 Å². The van der Waals surface area contributed by atoms with Gasteiger partial charge in [0.25, 0.3) is 0 Å². The Hall–Kier alpha value is -0.580. The molecule has 5 heteroatoms. The van der Waals surface area contributed by atoms with Gasteiger partial charge in [-0.25, -0.2) is 8.42 Å². The monoisotopic (exact) mass is 248 g/mol. The summed E-state index contributed by atoms with van der Waals surface area (Å²) in [6.45, 7) is 1.48. The largest absolute Gasteiger partial charge is 0.387 e. The summed E-state index contributed by atoms with van der Waals surface area (Å²) in [7, 11) is -3.24. The molecular weight excluding hydrogens is 236 g/mol. The molecule has 0 spiro atoms. The molecule has 0 heterocycles. The highest BCUT2D eigenvalue weighted by atomic mass is 35.5. The van der Waals surface area contributed by atoms with E-state index < -0.39 is 21.2 Å². The normalized spacial score (nSPS) is 16.0. The second-order valence-corrected chi connectivity index (χ2v) is 6.37. The van der Waals surface area contributed by atoms with Gasteiger partial charge in [0, 0.05) is 11.3 Å². The first-order chi connectivity index (χ1) is 6.82. The first-order valence-corrected chi connectivity index (χ1v) is 6.78. The van der Waals surface area contributed by atoms with Crippen LogP contribution in [-0.4, -0.2) is 25.0 Å². The van der Waals surface area contributed by atoms with Gasteiger partial charge in [-0.1, -0.05) is 23.7 Å². The lowest BCUT2D eigenvalue weighted by molar-refractivity contribution is 0.176. The lowest BCUT2D eigenvalue weighted by atomic mass is 10.1. The number of sulfone groups is 1. The summed E-state index contributed by atoms with van der Waals surface area (Å²) >= 11 is 5.69. The summed E-state index contributed by atoms with van der Waals surface area (Å²) in [6.07, 6.45) is 0.0915. The van der Waals surface area contributed by atoms with Crippen molar-refractivity contribution in [1.82, 2.24) is 0 Å². The van der Waals surface area contributed by atoms with Gasteiger partial charge in [-0.15, -0.1) is 0 Å². The quantitative estimate of drug-likeness (QED) is 0.888. The first kappa shape index (κ1) is 12.5. The van der Waals surface area contributed by atoms with Crippen molar-refractivity contribution < 1.29 is 13.5 Å². The number of aliphatic hydroxyl groups is 1. The van der Waals surface area contributed by atoms with Crippen molar-refractivity contribution in [3.63, 3.8) is 0 Å². The lowest BCUT2D eigenvalue weighted by Crippen LogP contribution is -2.24. The Morgan fingerprint density at radius 3 is 2.13 bits per heavy atom.